The molecule has 0 spiro atoms. The third-order valence-electron chi connectivity index (χ3n) is 7.20. The zero-order valence-electron chi connectivity index (χ0n) is 17.7. The van der Waals surface area contributed by atoms with Crippen LogP contribution in [0.2, 0.25) is 0 Å². The van der Waals surface area contributed by atoms with Crippen molar-refractivity contribution in [3.05, 3.63) is 29.6 Å². The molecule has 1 aromatic rings. The van der Waals surface area contributed by atoms with Crippen molar-refractivity contribution in [2.75, 3.05) is 0 Å². The second-order valence-corrected chi connectivity index (χ2v) is 9.12. The molecule has 0 saturated heterocycles. The minimum atomic E-state index is -0.653. The molecule has 0 N–H and O–H groups in total. The Labute approximate surface area is 174 Å². The lowest BCUT2D eigenvalue weighted by atomic mass is 9.68. The highest BCUT2D eigenvalue weighted by atomic mass is 19.1. The maximum atomic E-state index is 13.6. The summed E-state index contributed by atoms with van der Waals surface area (Å²) < 4.78 is 18.9. The van der Waals surface area contributed by atoms with Crippen molar-refractivity contribution in [1.82, 2.24) is 0 Å². The molecule has 3 rings (SSSR count). The summed E-state index contributed by atoms with van der Waals surface area (Å²) in [6.45, 7) is 2.30. The van der Waals surface area contributed by atoms with Gasteiger partial charge in [-0.2, -0.15) is 5.26 Å². The van der Waals surface area contributed by atoms with Gasteiger partial charge in [0.15, 0.2) is 0 Å². The van der Waals surface area contributed by atoms with Crippen LogP contribution in [-0.2, 0) is 4.79 Å². The van der Waals surface area contributed by atoms with Gasteiger partial charge < -0.3 is 4.74 Å². The molecule has 0 unspecified atom stereocenters. The van der Waals surface area contributed by atoms with Gasteiger partial charge in [0.2, 0.25) is 0 Å². The quantitative estimate of drug-likeness (QED) is 0.374. The number of carbonyl (C=O) groups is 1. The van der Waals surface area contributed by atoms with Crippen LogP contribution in [0.4, 0.5) is 4.39 Å². The summed E-state index contributed by atoms with van der Waals surface area (Å²) in [5, 5.41) is 8.76. The topological polar surface area (TPSA) is 50.1 Å². The maximum absolute atomic E-state index is 13.6. The number of halogens is 1. The lowest BCUT2D eigenvalue weighted by Crippen LogP contribution is -2.26. The molecule has 0 aromatic heterocycles. The van der Waals surface area contributed by atoms with Gasteiger partial charge in [-0.3, -0.25) is 4.79 Å². The molecule has 2 saturated carbocycles. The van der Waals surface area contributed by atoms with E-state index in [1.165, 1.54) is 76.3 Å². The average molecular weight is 400 g/mol. The van der Waals surface area contributed by atoms with Gasteiger partial charge in [0.25, 0.3) is 0 Å². The van der Waals surface area contributed by atoms with Crippen molar-refractivity contribution in [3.8, 4) is 11.8 Å². The van der Waals surface area contributed by atoms with E-state index in [1.807, 2.05) is 0 Å². The Kier molecular flexibility index (Phi) is 8.09. The molecule has 0 heterocycles. The van der Waals surface area contributed by atoms with E-state index in [-0.39, 0.29) is 17.3 Å². The number of nitriles is 1. The number of ether oxygens (including phenoxy) is 1. The Morgan fingerprint density at radius 3 is 2.14 bits per heavy atom. The largest absolute Gasteiger partial charge is 0.426 e. The maximum Gasteiger partial charge on any atom is 0.311 e. The smallest absolute Gasteiger partial charge is 0.311 e. The van der Waals surface area contributed by atoms with Gasteiger partial charge in [-0.05, 0) is 67.9 Å². The van der Waals surface area contributed by atoms with Crippen LogP contribution in [0.25, 0.3) is 0 Å². The molecule has 0 atom stereocenters. The van der Waals surface area contributed by atoms with E-state index in [0.29, 0.717) is 12.3 Å². The summed E-state index contributed by atoms with van der Waals surface area (Å²) in [6, 6.07) is 5.69. The van der Waals surface area contributed by atoms with Gasteiger partial charge in [0.1, 0.15) is 17.6 Å². The molecule has 1 aromatic carbocycles. The zero-order valence-corrected chi connectivity index (χ0v) is 17.7. The number of rotatable bonds is 7. The number of carbonyl (C=O) groups excluding carboxylic acids is 1. The van der Waals surface area contributed by atoms with Crippen LogP contribution in [0.5, 0.6) is 5.75 Å². The molecule has 0 aliphatic heterocycles. The molecular weight excluding hydrogens is 365 g/mol. The summed E-state index contributed by atoms with van der Waals surface area (Å²) >= 11 is 0. The normalized spacial score (nSPS) is 27.2. The molecule has 0 amide bonds. The number of hydrogen-bond donors (Lipinski definition) is 0. The van der Waals surface area contributed by atoms with Crippen molar-refractivity contribution in [3.63, 3.8) is 0 Å². The minimum Gasteiger partial charge on any atom is -0.426 e. The summed E-state index contributed by atoms with van der Waals surface area (Å²) in [4.78, 5) is 12.1. The van der Waals surface area contributed by atoms with E-state index < -0.39 is 5.82 Å². The molecule has 3 nitrogen and oxygen atoms in total. The van der Waals surface area contributed by atoms with Crippen LogP contribution >= 0.6 is 0 Å². The number of benzene rings is 1. The van der Waals surface area contributed by atoms with Crippen molar-refractivity contribution in [2.45, 2.75) is 84.0 Å². The Morgan fingerprint density at radius 2 is 1.62 bits per heavy atom. The van der Waals surface area contributed by atoms with Crippen molar-refractivity contribution >= 4 is 5.97 Å². The second kappa shape index (κ2) is 10.8. The second-order valence-electron chi connectivity index (χ2n) is 9.12. The first-order chi connectivity index (χ1) is 14.1. The van der Waals surface area contributed by atoms with Crippen molar-refractivity contribution in [2.24, 2.45) is 23.7 Å². The predicted octanol–water partition coefficient (Wildman–Crippen LogP) is 6.80. The van der Waals surface area contributed by atoms with Crippen LogP contribution in [0.1, 0.15) is 89.5 Å². The molecular formula is C25H34FNO2. The predicted molar refractivity (Wildman–Crippen MR) is 112 cm³/mol. The summed E-state index contributed by atoms with van der Waals surface area (Å²) in [5.74, 6) is 2.61. The van der Waals surface area contributed by atoms with E-state index in [4.69, 9.17) is 10.00 Å². The van der Waals surface area contributed by atoms with Crippen LogP contribution in [0.15, 0.2) is 18.2 Å². The minimum absolute atomic E-state index is 0.0413. The highest BCUT2D eigenvalue weighted by Gasteiger charge is 2.30. The van der Waals surface area contributed by atoms with Gasteiger partial charge in [0.05, 0.1) is 5.56 Å². The molecule has 2 aliphatic rings. The fraction of sp³-hybridized carbons (Fsp3) is 0.680. The first-order valence-corrected chi connectivity index (χ1v) is 11.5. The van der Waals surface area contributed by atoms with Gasteiger partial charge in [-0.15, -0.1) is 0 Å². The molecule has 2 fully saturated rings. The van der Waals surface area contributed by atoms with E-state index in [2.05, 4.69) is 6.92 Å². The van der Waals surface area contributed by atoms with Gasteiger partial charge in [-0.25, -0.2) is 4.39 Å². The van der Waals surface area contributed by atoms with E-state index >= 15 is 0 Å². The Morgan fingerprint density at radius 1 is 1.03 bits per heavy atom. The Hall–Kier alpha value is -1.89. The van der Waals surface area contributed by atoms with Gasteiger partial charge in [-0.1, -0.05) is 45.4 Å². The number of nitrogens with zero attached hydrogens (tertiary/aromatic N) is 1. The molecule has 0 bridgehead atoms. The van der Waals surface area contributed by atoms with Gasteiger partial charge in [0, 0.05) is 12.5 Å². The SMILES string of the molecule is CCCC1CCC(C2CCC(CCC(=O)Oc3ccc(C#N)c(F)c3)CC2)CC1. The fourth-order valence-electron chi connectivity index (χ4n) is 5.46. The molecule has 4 heteroatoms. The highest BCUT2D eigenvalue weighted by molar-refractivity contribution is 5.72. The molecule has 29 heavy (non-hydrogen) atoms. The van der Waals surface area contributed by atoms with Crippen LogP contribution in [0.3, 0.4) is 0 Å². The van der Waals surface area contributed by atoms with Crippen molar-refractivity contribution in [1.29, 1.82) is 5.26 Å². The zero-order chi connectivity index (χ0) is 20.6. The first-order valence-electron chi connectivity index (χ1n) is 11.5. The monoisotopic (exact) mass is 399 g/mol. The van der Waals surface area contributed by atoms with Crippen LogP contribution < -0.4 is 4.74 Å². The summed E-state index contributed by atoms with van der Waals surface area (Å²) in [6.07, 6.45) is 14.7. The molecule has 2 aliphatic carbocycles. The van der Waals surface area contributed by atoms with Gasteiger partial charge >= 0.3 is 5.97 Å². The van der Waals surface area contributed by atoms with E-state index in [1.54, 1.807) is 6.07 Å². The van der Waals surface area contributed by atoms with E-state index in [0.717, 1.165) is 30.2 Å². The lowest BCUT2D eigenvalue weighted by molar-refractivity contribution is -0.134. The first kappa shape index (κ1) is 21.8. The third kappa shape index (κ3) is 6.29. The standard InChI is InChI=1S/C25H34FNO2/c1-2-3-18-4-9-20(10-5-18)21-11-6-19(7-12-21)8-15-25(28)29-23-14-13-22(17-27)24(26)16-23/h13-14,16,18-21H,2-12,15H2,1H3. The van der Waals surface area contributed by atoms with Crippen LogP contribution in [-0.4, -0.2) is 5.97 Å². The number of hydrogen-bond acceptors (Lipinski definition) is 3. The fourth-order valence-corrected chi connectivity index (χ4v) is 5.46. The summed E-state index contributed by atoms with van der Waals surface area (Å²) in [5.41, 5.74) is -0.0413. The number of esters is 1. The summed E-state index contributed by atoms with van der Waals surface area (Å²) in [7, 11) is 0. The van der Waals surface area contributed by atoms with Crippen molar-refractivity contribution < 1.29 is 13.9 Å². The Bertz CT molecular complexity index is 710. The average Bonchev–Trinajstić information content (AvgIpc) is 2.74. The van der Waals surface area contributed by atoms with Crippen LogP contribution in [0, 0.1) is 40.8 Å². The Balaban J connectivity index is 1.35. The molecule has 158 valence electrons. The van der Waals surface area contributed by atoms with E-state index in [9.17, 15) is 9.18 Å². The highest BCUT2D eigenvalue weighted by Crippen LogP contribution is 2.42. The third-order valence-corrected chi connectivity index (χ3v) is 7.20. The lowest BCUT2D eigenvalue weighted by Gasteiger charge is -2.38. The molecule has 0 radical (unpaired) electrons.